The van der Waals surface area contributed by atoms with Crippen molar-refractivity contribution in [2.75, 3.05) is 7.05 Å². The molecular weight excluding hydrogens is 552 g/mol. The highest BCUT2D eigenvalue weighted by Crippen LogP contribution is 2.23. The molecule has 0 bridgehead atoms. The van der Waals surface area contributed by atoms with Crippen LogP contribution in [-0.4, -0.2) is 46.7 Å². The molecule has 5 rings (SSSR count). The number of fused-ring (bicyclic) bond motifs is 1. The third kappa shape index (κ3) is 7.15. The van der Waals surface area contributed by atoms with E-state index in [1.807, 2.05) is 105 Å². The Bertz CT molecular complexity index is 1760. The van der Waals surface area contributed by atoms with Gasteiger partial charge in [-0.05, 0) is 67.4 Å². The molecule has 8 nitrogen and oxygen atoms in total. The lowest BCUT2D eigenvalue weighted by Crippen LogP contribution is -2.54. The Morgan fingerprint density at radius 3 is 2.16 bits per heavy atom. The molecule has 0 aliphatic rings. The molecule has 4 aromatic carbocycles. The largest absolute Gasteiger partial charge is 0.457 e. The molecule has 0 saturated carbocycles. The summed E-state index contributed by atoms with van der Waals surface area (Å²) in [4.78, 5) is 44.8. The minimum absolute atomic E-state index is 0.206. The molecule has 5 aromatic rings. The number of nitrogens with zero attached hydrogens (tertiary/aromatic N) is 1. The van der Waals surface area contributed by atoms with Crippen LogP contribution in [0.4, 0.5) is 0 Å². The van der Waals surface area contributed by atoms with Crippen LogP contribution in [0.3, 0.4) is 0 Å². The van der Waals surface area contributed by atoms with Crippen LogP contribution in [0, 0.1) is 13.8 Å². The number of aryl methyl sites for hydroxylation is 2. The molecule has 44 heavy (non-hydrogen) atoms. The molecule has 0 saturated heterocycles. The lowest BCUT2D eigenvalue weighted by Gasteiger charge is -2.29. The minimum Gasteiger partial charge on any atom is -0.457 e. The number of hydrogen-bond donors (Lipinski definition) is 3. The molecular formula is C36H36N4O4. The number of likely N-dealkylation sites (N-methyl/N-ethyl adjacent to an activating group) is 1. The monoisotopic (exact) mass is 588 g/mol. The van der Waals surface area contributed by atoms with E-state index in [1.54, 1.807) is 19.2 Å². The van der Waals surface area contributed by atoms with Gasteiger partial charge in [-0.3, -0.25) is 14.4 Å². The van der Waals surface area contributed by atoms with Crippen LogP contribution in [0.5, 0.6) is 11.5 Å². The number of carbonyl (C=O) groups excluding carboxylic acids is 3. The molecule has 0 unspecified atom stereocenters. The quantitative estimate of drug-likeness (QED) is 0.190. The Hall–Kier alpha value is -5.37. The van der Waals surface area contributed by atoms with Gasteiger partial charge in [-0.25, -0.2) is 0 Å². The van der Waals surface area contributed by atoms with Crippen LogP contribution in [0.25, 0.3) is 10.9 Å². The van der Waals surface area contributed by atoms with Gasteiger partial charge < -0.3 is 25.7 Å². The van der Waals surface area contributed by atoms with Crippen molar-refractivity contribution in [1.29, 1.82) is 0 Å². The van der Waals surface area contributed by atoms with E-state index in [-0.39, 0.29) is 18.7 Å². The molecule has 3 amide bonds. The molecule has 0 fully saturated rings. The average Bonchev–Trinajstić information content (AvgIpc) is 3.42. The first-order valence-corrected chi connectivity index (χ1v) is 14.5. The smallest absolute Gasteiger partial charge is 0.254 e. The number of ether oxygens (including phenoxy) is 1. The number of nitrogens with two attached hydrogens (primary N) is 1. The molecule has 2 atom stereocenters. The summed E-state index contributed by atoms with van der Waals surface area (Å²) < 4.78 is 5.91. The lowest BCUT2D eigenvalue weighted by atomic mass is 10.00. The van der Waals surface area contributed by atoms with E-state index in [0.717, 1.165) is 33.2 Å². The number of benzene rings is 4. The van der Waals surface area contributed by atoms with Crippen molar-refractivity contribution in [3.63, 3.8) is 0 Å². The number of aromatic amines is 1. The van der Waals surface area contributed by atoms with Gasteiger partial charge in [-0.15, -0.1) is 0 Å². The maximum absolute atomic E-state index is 13.9. The van der Waals surface area contributed by atoms with Crippen molar-refractivity contribution in [2.24, 2.45) is 5.73 Å². The maximum atomic E-state index is 13.9. The number of para-hydroxylation sites is 2. The van der Waals surface area contributed by atoms with Crippen LogP contribution in [0.1, 0.15) is 32.6 Å². The highest BCUT2D eigenvalue weighted by atomic mass is 16.5. The van der Waals surface area contributed by atoms with Gasteiger partial charge in [0.15, 0.2) is 0 Å². The summed E-state index contributed by atoms with van der Waals surface area (Å²) in [5.41, 5.74) is 10.8. The van der Waals surface area contributed by atoms with Crippen LogP contribution in [0.2, 0.25) is 0 Å². The van der Waals surface area contributed by atoms with Gasteiger partial charge in [0.05, 0.1) is 0 Å². The van der Waals surface area contributed by atoms with E-state index < -0.39 is 23.9 Å². The SMILES string of the molecule is Cc1cc(C)cc(C(=O)N(C)[C@H](Cc2ccc(Oc3ccccc3)cc2)C(=O)N[C@@H](Cc2c[nH]c3ccccc23)C(N)=O)c1. The van der Waals surface area contributed by atoms with Gasteiger partial charge in [0.25, 0.3) is 5.91 Å². The zero-order valence-electron chi connectivity index (χ0n) is 25.0. The van der Waals surface area contributed by atoms with E-state index >= 15 is 0 Å². The number of nitrogens with one attached hydrogen (secondary N) is 2. The van der Waals surface area contributed by atoms with Gasteiger partial charge in [-0.2, -0.15) is 0 Å². The molecule has 0 radical (unpaired) electrons. The van der Waals surface area contributed by atoms with E-state index in [4.69, 9.17) is 10.5 Å². The maximum Gasteiger partial charge on any atom is 0.254 e. The Morgan fingerprint density at radius 2 is 1.48 bits per heavy atom. The third-order valence-electron chi connectivity index (χ3n) is 7.65. The van der Waals surface area contributed by atoms with E-state index in [9.17, 15) is 14.4 Å². The topological polar surface area (TPSA) is 118 Å². The molecule has 224 valence electrons. The number of primary amides is 1. The van der Waals surface area contributed by atoms with Crippen LogP contribution in [-0.2, 0) is 22.4 Å². The Labute approximate surface area is 256 Å². The van der Waals surface area contributed by atoms with Gasteiger partial charge in [0, 0.05) is 42.6 Å². The molecule has 8 heteroatoms. The normalized spacial score (nSPS) is 12.3. The Kier molecular flexibility index (Phi) is 9.09. The van der Waals surface area contributed by atoms with Gasteiger partial charge >= 0.3 is 0 Å². The standard InChI is InChI=1S/C36H36N4O4/c1-23-17-24(2)19-26(18-23)36(43)40(3)33(20-25-13-15-29(16-14-25)44-28-9-5-4-6-10-28)35(42)39-32(34(37)41)21-27-22-38-31-12-8-7-11-30(27)31/h4-19,22,32-33,38H,20-21H2,1-3H3,(H2,37,41)(H,39,42)/t32-,33+/m0/s1. The van der Waals surface area contributed by atoms with Crippen molar-refractivity contribution in [2.45, 2.75) is 38.8 Å². The van der Waals surface area contributed by atoms with Crippen LogP contribution in [0.15, 0.2) is 103 Å². The fraction of sp³-hybridized carbons (Fsp3) is 0.194. The molecule has 0 aliphatic heterocycles. The summed E-state index contributed by atoms with van der Waals surface area (Å²) in [6, 6.07) is 28.3. The zero-order valence-corrected chi connectivity index (χ0v) is 25.0. The van der Waals surface area contributed by atoms with E-state index in [0.29, 0.717) is 17.1 Å². The summed E-state index contributed by atoms with van der Waals surface area (Å²) in [6.45, 7) is 3.85. The summed E-state index contributed by atoms with van der Waals surface area (Å²) in [5.74, 6) is -0.0723. The number of aromatic nitrogens is 1. The summed E-state index contributed by atoms with van der Waals surface area (Å²) >= 11 is 0. The molecule has 0 spiro atoms. The second-order valence-corrected chi connectivity index (χ2v) is 11.1. The number of H-pyrrole nitrogens is 1. The first kappa shape index (κ1) is 30.1. The minimum atomic E-state index is -0.976. The van der Waals surface area contributed by atoms with Crippen molar-refractivity contribution in [3.8, 4) is 11.5 Å². The van der Waals surface area contributed by atoms with E-state index in [1.165, 1.54) is 4.90 Å². The van der Waals surface area contributed by atoms with Crippen LogP contribution < -0.4 is 15.8 Å². The predicted octanol–water partition coefficient (Wildman–Crippen LogP) is 5.47. The van der Waals surface area contributed by atoms with Gasteiger partial charge in [0.2, 0.25) is 11.8 Å². The number of rotatable bonds is 11. The highest BCUT2D eigenvalue weighted by molar-refractivity contribution is 5.98. The number of hydrogen-bond acceptors (Lipinski definition) is 4. The van der Waals surface area contributed by atoms with E-state index in [2.05, 4.69) is 10.3 Å². The van der Waals surface area contributed by atoms with Crippen molar-refractivity contribution >= 4 is 28.6 Å². The highest BCUT2D eigenvalue weighted by Gasteiger charge is 2.31. The first-order chi connectivity index (χ1) is 21.2. The molecule has 1 aromatic heterocycles. The Balaban J connectivity index is 1.39. The van der Waals surface area contributed by atoms with Gasteiger partial charge in [-0.1, -0.05) is 65.7 Å². The summed E-state index contributed by atoms with van der Waals surface area (Å²) in [7, 11) is 1.61. The molecule has 1 heterocycles. The fourth-order valence-electron chi connectivity index (χ4n) is 5.40. The van der Waals surface area contributed by atoms with Crippen molar-refractivity contribution in [1.82, 2.24) is 15.2 Å². The lowest BCUT2D eigenvalue weighted by molar-refractivity contribution is -0.130. The third-order valence-corrected chi connectivity index (χ3v) is 7.65. The van der Waals surface area contributed by atoms with Crippen molar-refractivity contribution < 1.29 is 19.1 Å². The summed E-state index contributed by atoms with van der Waals surface area (Å²) in [6.07, 6.45) is 2.24. The zero-order chi connectivity index (χ0) is 31.2. The second-order valence-electron chi connectivity index (χ2n) is 11.1. The van der Waals surface area contributed by atoms with Crippen molar-refractivity contribution in [3.05, 3.63) is 131 Å². The molecule has 0 aliphatic carbocycles. The average molecular weight is 589 g/mol. The van der Waals surface area contributed by atoms with Crippen LogP contribution >= 0.6 is 0 Å². The number of amides is 3. The molecule has 4 N–H and O–H groups in total. The predicted molar refractivity (Wildman–Crippen MR) is 172 cm³/mol. The second kappa shape index (κ2) is 13.3. The fourth-order valence-corrected chi connectivity index (χ4v) is 5.40. The number of carbonyl (C=O) groups is 3. The Morgan fingerprint density at radius 1 is 0.841 bits per heavy atom. The first-order valence-electron chi connectivity index (χ1n) is 14.5. The van der Waals surface area contributed by atoms with Gasteiger partial charge in [0.1, 0.15) is 23.6 Å². The summed E-state index contributed by atoms with van der Waals surface area (Å²) in [5, 5.41) is 3.80.